The Morgan fingerprint density at radius 2 is 2.07 bits per heavy atom. The summed E-state index contributed by atoms with van der Waals surface area (Å²) in [6.45, 7) is 5.25. The number of carbonyl (C=O) groups is 1. The van der Waals surface area contributed by atoms with Gasteiger partial charge in [-0.1, -0.05) is 22.0 Å². The zero-order chi connectivity index (χ0) is 19.8. The molecule has 0 unspecified atom stereocenters. The third kappa shape index (κ3) is 7.10. The van der Waals surface area contributed by atoms with Crippen LogP contribution in [0.3, 0.4) is 0 Å². The molecule has 1 aliphatic heterocycles. The summed E-state index contributed by atoms with van der Waals surface area (Å²) in [7, 11) is 3.56. The molecule has 0 aliphatic carbocycles. The normalized spacial score (nSPS) is 16.3. The number of likely N-dealkylation sites (N-methyl/N-ethyl adjacent to an activating group) is 1. The fourth-order valence-corrected chi connectivity index (χ4v) is 3.23. The molecule has 6 nitrogen and oxygen atoms in total. The molecule has 8 heteroatoms. The van der Waals surface area contributed by atoms with E-state index in [-0.39, 0.29) is 18.3 Å². The first-order valence-electron chi connectivity index (χ1n) is 9.30. The van der Waals surface area contributed by atoms with E-state index < -0.39 is 0 Å². The minimum absolute atomic E-state index is 0.132. The van der Waals surface area contributed by atoms with Crippen LogP contribution in [-0.4, -0.2) is 68.0 Å². The average Bonchev–Trinajstić information content (AvgIpc) is 2.62. The highest BCUT2D eigenvalue weighted by molar-refractivity contribution is 9.10. The Hall–Kier alpha value is -1.67. The summed E-state index contributed by atoms with van der Waals surface area (Å²) in [6, 6.07) is 5.31. The molecule has 0 bridgehead atoms. The van der Waals surface area contributed by atoms with E-state index in [1.165, 1.54) is 6.07 Å². The number of carbonyl (C=O) groups excluding carboxylic acids is 1. The molecule has 1 fully saturated rings. The van der Waals surface area contributed by atoms with E-state index in [9.17, 15) is 9.18 Å². The van der Waals surface area contributed by atoms with Crippen LogP contribution in [0.15, 0.2) is 27.7 Å². The van der Waals surface area contributed by atoms with Crippen molar-refractivity contribution in [3.05, 3.63) is 34.1 Å². The van der Waals surface area contributed by atoms with Crippen LogP contribution in [-0.2, 0) is 11.3 Å². The number of piperidine rings is 1. The third-order valence-corrected chi connectivity index (χ3v) is 5.05. The van der Waals surface area contributed by atoms with Crippen LogP contribution in [0, 0.1) is 5.82 Å². The molecular weight excluding hydrogens is 413 g/mol. The van der Waals surface area contributed by atoms with E-state index in [4.69, 9.17) is 0 Å². The van der Waals surface area contributed by atoms with Gasteiger partial charge in [0.25, 0.3) is 0 Å². The highest BCUT2D eigenvalue weighted by Gasteiger charge is 2.22. The van der Waals surface area contributed by atoms with Gasteiger partial charge in [0.1, 0.15) is 5.82 Å². The Labute approximate surface area is 169 Å². The summed E-state index contributed by atoms with van der Waals surface area (Å²) >= 11 is 3.27. The van der Waals surface area contributed by atoms with Crippen LogP contribution in [0.2, 0.25) is 0 Å². The highest BCUT2D eigenvalue weighted by atomic mass is 79.9. The van der Waals surface area contributed by atoms with Crippen molar-refractivity contribution in [2.24, 2.45) is 4.99 Å². The lowest BCUT2D eigenvalue weighted by atomic mass is 10.1. The number of nitrogens with one attached hydrogen (secondary N) is 2. The predicted octanol–water partition coefficient (Wildman–Crippen LogP) is 2.20. The number of amides is 1. The number of nitrogens with zero attached hydrogens (tertiary/aromatic N) is 3. The van der Waals surface area contributed by atoms with Gasteiger partial charge in [0.2, 0.25) is 5.91 Å². The summed E-state index contributed by atoms with van der Waals surface area (Å²) in [5, 5.41) is 6.66. The maximum absolute atomic E-state index is 14.0. The van der Waals surface area contributed by atoms with Gasteiger partial charge in [0.15, 0.2) is 5.96 Å². The van der Waals surface area contributed by atoms with E-state index in [0.29, 0.717) is 24.1 Å². The van der Waals surface area contributed by atoms with Gasteiger partial charge in [-0.15, -0.1) is 0 Å². The average molecular weight is 442 g/mol. The SMILES string of the molecule is CCNC(=NCc1ccc(Br)cc1F)NC1CCN(CC(=O)N(C)C)CC1. The minimum atomic E-state index is -0.261. The molecule has 0 aromatic heterocycles. The van der Waals surface area contributed by atoms with Crippen molar-refractivity contribution < 1.29 is 9.18 Å². The molecule has 1 aromatic rings. The second-order valence-electron chi connectivity index (χ2n) is 6.91. The number of guanidine groups is 1. The predicted molar refractivity (Wildman–Crippen MR) is 110 cm³/mol. The van der Waals surface area contributed by atoms with E-state index in [0.717, 1.165) is 36.9 Å². The highest BCUT2D eigenvalue weighted by Crippen LogP contribution is 2.16. The van der Waals surface area contributed by atoms with E-state index in [1.807, 2.05) is 13.0 Å². The molecule has 1 aliphatic rings. The Morgan fingerprint density at radius 1 is 1.37 bits per heavy atom. The Morgan fingerprint density at radius 3 is 2.67 bits per heavy atom. The number of hydrogen-bond acceptors (Lipinski definition) is 3. The summed E-state index contributed by atoms with van der Waals surface area (Å²) in [6.07, 6.45) is 1.88. The van der Waals surface area contributed by atoms with E-state index >= 15 is 0 Å². The van der Waals surface area contributed by atoms with Crippen LogP contribution in [0.1, 0.15) is 25.3 Å². The molecule has 2 N–H and O–H groups in total. The van der Waals surface area contributed by atoms with Gasteiger partial charge >= 0.3 is 0 Å². The number of rotatable bonds is 6. The Kier molecular flexibility index (Phi) is 8.50. The molecule has 1 saturated heterocycles. The van der Waals surface area contributed by atoms with Gasteiger partial charge in [-0.2, -0.15) is 0 Å². The van der Waals surface area contributed by atoms with Gasteiger partial charge in [-0.3, -0.25) is 9.69 Å². The van der Waals surface area contributed by atoms with Gasteiger partial charge < -0.3 is 15.5 Å². The Bertz CT molecular complexity index is 660. The second-order valence-corrected chi connectivity index (χ2v) is 7.83. The smallest absolute Gasteiger partial charge is 0.236 e. The maximum Gasteiger partial charge on any atom is 0.236 e. The Balaban J connectivity index is 1.88. The second kappa shape index (κ2) is 10.6. The molecule has 27 heavy (non-hydrogen) atoms. The van der Waals surface area contributed by atoms with Crippen LogP contribution in [0.25, 0.3) is 0 Å². The summed E-state index contributed by atoms with van der Waals surface area (Å²) in [5.74, 6) is 0.568. The molecule has 0 saturated carbocycles. The van der Waals surface area contributed by atoms with Crippen molar-refractivity contribution >= 4 is 27.8 Å². The summed E-state index contributed by atoms with van der Waals surface area (Å²) in [4.78, 5) is 20.2. The van der Waals surface area contributed by atoms with Crippen molar-refractivity contribution in [1.29, 1.82) is 0 Å². The largest absolute Gasteiger partial charge is 0.357 e. The van der Waals surface area contributed by atoms with Crippen molar-refractivity contribution in [2.45, 2.75) is 32.4 Å². The lowest BCUT2D eigenvalue weighted by molar-refractivity contribution is -0.130. The number of likely N-dealkylation sites (tertiary alicyclic amines) is 1. The van der Waals surface area contributed by atoms with Crippen LogP contribution in [0.4, 0.5) is 4.39 Å². The monoisotopic (exact) mass is 441 g/mol. The molecule has 0 spiro atoms. The molecule has 2 rings (SSSR count). The van der Waals surface area contributed by atoms with Gasteiger partial charge in [0.05, 0.1) is 13.1 Å². The van der Waals surface area contributed by atoms with Crippen LogP contribution < -0.4 is 10.6 Å². The van der Waals surface area contributed by atoms with Gasteiger partial charge in [-0.05, 0) is 31.9 Å². The molecule has 0 radical (unpaired) electrons. The standard InChI is InChI=1S/C19H29BrFN5O/c1-4-22-19(23-12-14-5-6-15(20)11-17(14)21)24-16-7-9-26(10-8-16)13-18(27)25(2)3/h5-6,11,16H,4,7-10,12-13H2,1-3H3,(H2,22,23,24). The van der Waals surface area contributed by atoms with Crippen LogP contribution in [0.5, 0.6) is 0 Å². The fraction of sp³-hybridized carbons (Fsp3) is 0.579. The lowest BCUT2D eigenvalue weighted by Gasteiger charge is -2.33. The van der Waals surface area contributed by atoms with E-state index in [2.05, 4.69) is 36.5 Å². The first-order valence-corrected chi connectivity index (χ1v) is 10.1. The van der Waals surface area contributed by atoms with Crippen molar-refractivity contribution in [3.8, 4) is 0 Å². The lowest BCUT2D eigenvalue weighted by Crippen LogP contribution is -2.50. The quantitative estimate of drug-likeness (QED) is 0.524. The summed E-state index contributed by atoms with van der Waals surface area (Å²) < 4.78 is 14.7. The number of halogens is 2. The molecule has 0 atom stereocenters. The zero-order valence-corrected chi connectivity index (χ0v) is 17.9. The van der Waals surface area contributed by atoms with Gasteiger partial charge in [0, 0.05) is 49.8 Å². The molecular formula is C19H29BrFN5O. The first-order chi connectivity index (χ1) is 12.9. The van der Waals surface area contributed by atoms with Crippen molar-refractivity contribution in [2.75, 3.05) is 40.3 Å². The van der Waals surface area contributed by atoms with Crippen molar-refractivity contribution in [3.63, 3.8) is 0 Å². The molecule has 1 aromatic carbocycles. The van der Waals surface area contributed by atoms with Crippen molar-refractivity contribution in [1.82, 2.24) is 20.4 Å². The van der Waals surface area contributed by atoms with Gasteiger partial charge in [-0.25, -0.2) is 9.38 Å². The molecule has 150 valence electrons. The van der Waals surface area contributed by atoms with Crippen LogP contribution >= 0.6 is 15.9 Å². The molecule has 1 heterocycles. The minimum Gasteiger partial charge on any atom is -0.357 e. The number of benzene rings is 1. The topological polar surface area (TPSA) is 60.0 Å². The van der Waals surface area contributed by atoms with E-state index in [1.54, 1.807) is 25.1 Å². The number of hydrogen-bond donors (Lipinski definition) is 2. The third-order valence-electron chi connectivity index (χ3n) is 4.55. The summed E-state index contributed by atoms with van der Waals surface area (Å²) in [5.41, 5.74) is 0.562. The molecule has 1 amide bonds. The number of aliphatic imine (C=N–C) groups is 1. The maximum atomic E-state index is 14.0. The first kappa shape index (κ1) is 21.6. The fourth-order valence-electron chi connectivity index (χ4n) is 2.90. The zero-order valence-electron chi connectivity index (χ0n) is 16.3.